The lowest BCUT2D eigenvalue weighted by molar-refractivity contribution is -0.125. The van der Waals surface area contributed by atoms with Gasteiger partial charge < -0.3 is 20.1 Å². The van der Waals surface area contributed by atoms with E-state index in [1.54, 1.807) is 0 Å². The average molecular weight is 347 g/mol. The predicted octanol–water partition coefficient (Wildman–Crippen LogP) is 2.99. The Hall–Kier alpha value is -0.490. The first-order valence-electron chi connectivity index (χ1n) is 9.70. The molecule has 24 heavy (non-hydrogen) atoms. The zero-order chi connectivity index (χ0) is 17.9. The number of Topliss-reactive ketones (excluding diaryl/α,β-unsaturated/α-hetero) is 1. The summed E-state index contributed by atoms with van der Waals surface area (Å²) in [5.74, 6) is 0.0707. The molecule has 0 radical (unpaired) electrons. The Balaban J connectivity index is 3.15. The molecular formula is C19H38O5. The van der Waals surface area contributed by atoms with Gasteiger partial charge in [0.15, 0.2) is 5.78 Å². The Bertz CT molecular complexity index is 270. The number of aliphatic hydroxyl groups excluding tert-OH is 3. The van der Waals surface area contributed by atoms with Crippen LogP contribution in [0.25, 0.3) is 0 Å². The monoisotopic (exact) mass is 346 g/mol. The molecule has 0 saturated carbocycles. The molecule has 0 amide bonds. The Morgan fingerprint density at radius 3 is 1.67 bits per heavy atom. The quantitative estimate of drug-likeness (QED) is 0.313. The van der Waals surface area contributed by atoms with Crippen molar-refractivity contribution in [3.63, 3.8) is 0 Å². The fourth-order valence-electron chi connectivity index (χ4n) is 2.64. The Morgan fingerprint density at radius 1 is 0.750 bits per heavy atom. The van der Waals surface area contributed by atoms with Crippen molar-refractivity contribution in [2.45, 2.75) is 89.6 Å². The third-order valence-electron chi connectivity index (χ3n) is 4.15. The first-order valence-corrected chi connectivity index (χ1v) is 9.70. The predicted molar refractivity (Wildman–Crippen MR) is 96.0 cm³/mol. The molecule has 0 heterocycles. The third-order valence-corrected chi connectivity index (χ3v) is 4.15. The summed E-state index contributed by atoms with van der Waals surface area (Å²) in [6.45, 7) is 0.0441. The molecule has 0 aliphatic heterocycles. The smallest absolute Gasteiger partial charge is 0.158 e. The molecule has 1 atom stereocenters. The van der Waals surface area contributed by atoms with Gasteiger partial charge in [-0.3, -0.25) is 4.79 Å². The summed E-state index contributed by atoms with van der Waals surface area (Å²) >= 11 is 0. The first kappa shape index (κ1) is 23.5. The second-order valence-corrected chi connectivity index (χ2v) is 6.61. The molecule has 3 N–H and O–H groups in total. The normalized spacial score (nSPS) is 12.5. The summed E-state index contributed by atoms with van der Waals surface area (Å²) in [5, 5.41) is 26.4. The van der Waals surface area contributed by atoms with Crippen LogP contribution in [-0.4, -0.2) is 53.6 Å². The molecule has 0 aromatic heterocycles. The lowest BCUT2D eigenvalue weighted by Gasteiger charge is -2.07. The maximum absolute atomic E-state index is 11.5. The van der Waals surface area contributed by atoms with E-state index in [1.165, 1.54) is 51.4 Å². The summed E-state index contributed by atoms with van der Waals surface area (Å²) in [6.07, 6.45) is 13.9. The van der Waals surface area contributed by atoms with Crippen LogP contribution in [0.5, 0.6) is 0 Å². The molecule has 0 saturated heterocycles. The van der Waals surface area contributed by atoms with Crippen molar-refractivity contribution in [3.05, 3.63) is 0 Å². The number of ether oxygens (including phenoxy) is 1. The van der Waals surface area contributed by atoms with Gasteiger partial charge in [0.05, 0.1) is 13.2 Å². The number of rotatable bonds is 19. The van der Waals surface area contributed by atoms with Gasteiger partial charge in [0.1, 0.15) is 12.7 Å². The molecular weight excluding hydrogens is 308 g/mol. The fourth-order valence-corrected chi connectivity index (χ4v) is 2.64. The van der Waals surface area contributed by atoms with Crippen LogP contribution in [0.4, 0.5) is 0 Å². The van der Waals surface area contributed by atoms with Gasteiger partial charge in [-0.2, -0.15) is 0 Å². The minimum Gasteiger partial charge on any atom is -0.396 e. The van der Waals surface area contributed by atoms with Crippen molar-refractivity contribution in [1.29, 1.82) is 0 Å². The summed E-state index contributed by atoms with van der Waals surface area (Å²) in [7, 11) is 0. The molecule has 1 unspecified atom stereocenters. The molecule has 0 aromatic rings. The number of carbonyl (C=O) groups excluding carboxylic acids is 1. The van der Waals surface area contributed by atoms with E-state index in [1.807, 2.05) is 0 Å². The van der Waals surface area contributed by atoms with E-state index < -0.39 is 6.10 Å². The maximum Gasteiger partial charge on any atom is 0.158 e. The minimum absolute atomic E-state index is 0.0175. The molecule has 0 fully saturated rings. The zero-order valence-electron chi connectivity index (χ0n) is 15.3. The van der Waals surface area contributed by atoms with Crippen molar-refractivity contribution >= 4 is 5.78 Å². The standard InChI is InChI=1S/C19H38O5/c20-14-12-10-8-6-4-2-1-3-5-7-9-11-13-18(22)16-24-17-19(23)15-21/h19-21,23H,1-17H2. The van der Waals surface area contributed by atoms with E-state index in [0.29, 0.717) is 13.0 Å². The highest BCUT2D eigenvalue weighted by atomic mass is 16.5. The van der Waals surface area contributed by atoms with Gasteiger partial charge in [-0.1, -0.05) is 64.2 Å². The average Bonchev–Trinajstić information content (AvgIpc) is 2.58. The summed E-state index contributed by atoms with van der Waals surface area (Å²) in [4.78, 5) is 11.5. The van der Waals surface area contributed by atoms with Crippen molar-refractivity contribution in [1.82, 2.24) is 0 Å². The number of ketones is 1. The van der Waals surface area contributed by atoms with Crippen LogP contribution < -0.4 is 0 Å². The lowest BCUT2D eigenvalue weighted by atomic mass is 10.0. The molecule has 5 heteroatoms. The van der Waals surface area contributed by atoms with Gasteiger partial charge in [-0.25, -0.2) is 0 Å². The Morgan fingerprint density at radius 2 is 1.21 bits per heavy atom. The largest absolute Gasteiger partial charge is 0.396 e. The molecule has 144 valence electrons. The van der Waals surface area contributed by atoms with Crippen molar-refractivity contribution in [2.24, 2.45) is 0 Å². The van der Waals surface area contributed by atoms with Crippen LogP contribution in [0.3, 0.4) is 0 Å². The first-order chi connectivity index (χ1) is 11.7. The number of carbonyl (C=O) groups is 1. The Kier molecular flexibility index (Phi) is 18.5. The summed E-state index contributed by atoms with van der Waals surface area (Å²) in [5.41, 5.74) is 0. The van der Waals surface area contributed by atoms with E-state index in [0.717, 1.165) is 25.7 Å². The van der Waals surface area contributed by atoms with Crippen LogP contribution in [0.1, 0.15) is 83.5 Å². The van der Waals surface area contributed by atoms with Gasteiger partial charge in [0, 0.05) is 13.0 Å². The zero-order valence-corrected chi connectivity index (χ0v) is 15.3. The number of unbranched alkanes of at least 4 members (excludes halogenated alkanes) is 11. The molecule has 0 rings (SSSR count). The Labute approximate surface area is 147 Å². The lowest BCUT2D eigenvalue weighted by Crippen LogP contribution is -2.21. The SMILES string of the molecule is O=C(CCCCCCCCCCCCCCO)COCC(O)CO. The highest BCUT2D eigenvalue weighted by Crippen LogP contribution is 2.12. The van der Waals surface area contributed by atoms with Crippen molar-refractivity contribution < 1.29 is 24.9 Å². The number of hydrogen-bond acceptors (Lipinski definition) is 5. The number of hydrogen-bond donors (Lipinski definition) is 3. The van der Waals surface area contributed by atoms with Gasteiger partial charge >= 0.3 is 0 Å². The fraction of sp³-hybridized carbons (Fsp3) is 0.947. The topological polar surface area (TPSA) is 87.0 Å². The van der Waals surface area contributed by atoms with Crippen molar-refractivity contribution in [3.8, 4) is 0 Å². The molecule has 0 spiro atoms. The van der Waals surface area contributed by atoms with Crippen LogP contribution in [0, 0.1) is 0 Å². The molecule has 0 aliphatic carbocycles. The van der Waals surface area contributed by atoms with Gasteiger partial charge in [0.2, 0.25) is 0 Å². The number of aliphatic hydroxyl groups is 3. The van der Waals surface area contributed by atoms with E-state index in [-0.39, 0.29) is 25.6 Å². The molecule has 0 bridgehead atoms. The van der Waals surface area contributed by atoms with E-state index in [2.05, 4.69) is 0 Å². The molecule has 5 nitrogen and oxygen atoms in total. The summed E-state index contributed by atoms with van der Waals surface area (Å²) < 4.78 is 5.04. The van der Waals surface area contributed by atoms with Gasteiger partial charge in [-0.05, 0) is 12.8 Å². The van der Waals surface area contributed by atoms with Crippen molar-refractivity contribution in [2.75, 3.05) is 26.4 Å². The van der Waals surface area contributed by atoms with Crippen LogP contribution in [0.15, 0.2) is 0 Å². The molecule has 0 aliphatic rings. The highest BCUT2D eigenvalue weighted by Gasteiger charge is 2.05. The van der Waals surface area contributed by atoms with Crippen LogP contribution in [0.2, 0.25) is 0 Å². The van der Waals surface area contributed by atoms with E-state index >= 15 is 0 Å². The maximum atomic E-state index is 11.5. The minimum atomic E-state index is -0.890. The van der Waals surface area contributed by atoms with Gasteiger partial charge in [0.25, 0.3) is 0 Å². The molecule has 0 aromatic carbocycles. The second kappa shape index (κ2) is 18.8. The third kappa shape index (κ3) is 17.9. The van der Waals surface area contributed by atoms with Crippen LogP contribution >= 0.6 is 0 Å². The highest BCUT2D eigenvalue weighted by molar-refractivity contribution is 5.79. The second-order valence-electron chi connectivity index (χ2n) is 6.61. The van der Waals surface area contributed by atoms with Crippen LogP contribution in [-0.2, 0) is 9.53 Å². The van der Waals surface area contributed by atoms with E-state index in [4.69, 9.17) is 20.1 Å². The van der Waals surface area contributed by atoms with E-state index in [9.17, 15) is 4.79 Å². The van der Waals surface area contributed by atoms with Gasteiger partial charge in [-0.15, -0.1) is 0 Å². The summed E-state index contributed by atoms with van der Waals surface area (Å²) in [6, 6.07) is 0.